The summed E-state index contributed by atoms with van der Waals surface area (Å²) in [5, 5.41) is 9.42. The fourth-order valence-corrected chi connectivity index (χ4v) is 4.57. The number of rotatable bonds is 4. The predicted octanol–water partition coefficient (Wildman–Crippen LogP) is 3.20. The van der Waals surface area contributed by atoms with Crippen molar-refractivity contribution in [1.82, 2.24) is 4.90 Å². The average molecular weight is 293 g/mol. The van der Waals surface area contributed by atoms with Gasteiger partial charge in [0, 0.05) is 19.0 Å². The Bertz CT molecular complexity index is 410. The Hall–Kier alpha value is -1.06. The van der Waals surface area contributed by atoms with Crippen LogP contribution < -0.4 is 0 Å². The van der Waals surface area contributed by atoms with Crippen LogP contribution in [0.25, 0.3) is 0 Å². The van der Waals surface area contributed by atoms with E-state index in [2.05, 4.69) is 0 Å². The molecule has 0 aromatic heterocycles. The maximum absolute atomic E-state index is 12.7. The molecule has 1 saturated heterocycles. The van der Waals surface area contributed by atoms with Gasteiger partial charge < -0.3 is 10.0 Å². The van der Waals surface area contributed by atoms with Crippen LogP contribution in [-0.2, 0) is 9.59 Å². The first-order chi connectivity index (χ1) is 10.1. The molecule has 1 aliphatic heterocycles. The molecule has 118 valence electrons. The lowest BCUT2D eigenvalue weighted by Gasteiger charge is -2.40. The number of amides is 1. The predicted molar refractivity (Wildman–Crippen MR) is 79.8 cm³/mol. The second kappa shape index (κ2) is 5.98. The average Bonchev–Trinajstić information content (AvgIpc) is 2.92. The van der Waals surface area contributed by atoms with E-state index >= 15 is 0 Å². The van der Waals surface area contributed by atoms with Crippen LogP contribution in [0.2, 0.25) is 0 Å². The van der Waals surface area contributed by atoms with Crippen molar-refractivity contribution in [3.63, 3.8) is 0 Å². The topological polar surface area (TPSA) is 57.6 Å². The molecule has 1 unspecified atom stereocenters. The summed E-state index contributed by atoms with van der Waals surface area (Å²) >= 11 is 0. The zero-order chi connectivity index (χ0) is 14.9. The van der Waals surface area contributed by atoms with E-state index in [-0.39, 0.29) is 12.3 Å². The zero-order valence-corrected chi connectivity index (χ0v) is 12.9. The smallest absolute Gasteiger partial charge is 0.310 e. The van der Waals surface area contributed by atoms with Crippen molar-refractivity contribution in [2.75, 3.05) is 6.54 Å². The number of carbonyl (C=O) groups is 2. The van der Waals surface area contributed by atoms with Gasteiger partial charge in [-0.2, -0.15) is 0 Å². The summed E-state index contributed by atoms with van der Waals surface area (Å²) in [6, 6.07) is 0.392. The number of carbonyl (C=O) groups excluding carboxylic acids is 1. The lowest BCUT2D eigenvalue weighted by atomic mass is 9.66. The van der Waals surface area contributed by atoms with Gasteiger partial charge in [0.1, 0.15) is 0 Å². The minimum atomic E-state index is -0.768. The van der Waals surface area contributed by atoms with Crippen molar-refractivity contribution in [1.29, 1.82) is 0 Å². The fourth-order valence-electron chi connectivity index (χ4n) is 4.57. The molecule has 0 bridgehead atoms. The molecule has 21 heavy (non-hydrogen) atoms. The van der Waals surface area contributed by atoms with Crippen LogP contribution in [-0.4, -0.2) is 34.5 Å². The van der Waals surface area contributed by atoms with Crippen LogP contribution in [0.3, 0.4) is 0 Å². The first-order valence-corrected chi connectivity index (χ1v) is 8.65. The summed E-state index contributed by atoms with van der Waals surface area (Å²) in [5.74, 6) is -0.00643. The third-order valence-electron chi connectivity index (χ3n) is 6.07. The van der Waals surface area contributed by atoms with E-state index in [1.165, 1.54) is 32.1 Å². The van der Waals surface area contributed by atoms with Crippen LogP contribution in [0, 0.1) is 11.3 Å². The molecule has 3 rings (SSSR count). The molecule has 4 heteroatoms. The van der Waals surface area contributed by atoms with Crippen molar-refractivity contribution in [3.05, 3.63) is 0 Å². The van der Waals surface area contributed by atoms with Crippen LogP contribution in [0.1, 0.15) is 70.6 Å². The number of hydrogen-bond acceptors (Lipinski definition) is 2. The van der Waals surface area contributed by atoms with Gasteiger partial charge in [-0.3, -0.25) is 9.59 Å². The van der Waals surface area contributed by atoms with Crippen molar-refractivity contribution >= 4 is 11.9 Å². The van der Waals surface area contributed by atoms with Crippen LogP contribution in [0.4, 0.5) is 0 Å². The van der Waals surface area contributed by atoms with Gasteiger partial charge in [-0.25, -0.2) is 0 Å². The van der Waals surface area contributed by atoms with Gasteiger partial charge in [-0.1, -0.05) is 25.7 Å². The number of nitrogens with zero attached hydrogens (tertiary/aromatic N) is 1. The SMILES string of the molecule is O=C(CC1(C(=O)O)CCC1)N1CCCC1C1CCCCC1. The Morgan fingerprint density at radius 2 is 1.71 bits per heavy atom. The standard InChI is InChI=1S/C17H27NO3/c19-15(12-17(16(20)21)9-5-10-17)18-11-4-8-14(18)13-6-2-1-3-7-13/h13-14H,1-12H2,(H,20,21). The Labute approximate surface area is 126 Å². The molecule has 1 amide bonds. The Morgan fingerprint density at radius 3 is 2.29 bits per heavy atom. The largest absolute Gasteiger partial charge is 0.481 e. The molecule has 0 aromatic carbocycles. The zero-order valence-electron chi connectivity index (χ0n) is 12.9. The van der Waals surface area contributed by atoms with E-state index in [1.807, 2.05) is 4.90 Å². The molecule has 3 aliphatic rings. The molecule has 0 spiro atoms. The van der Waals surface area contributed by atoms with Crippen molar-refractivity contribution in [2.45, 2.75) is 76.7 Å². The normalized spacial score (nSPS) is 29.1. The maximum atomic E-state index is 12.7. The molecule has 2 saturated carbocycles. The summed E-state index contributed by atoms with van der Waals surface area (Å²) in [6.07, 6.45) is 11.2. The molecule has 3 fully saturated rings. The number of carboxylic acids is 1. The van der Waals surface area contributed by atoms with E-state index in [9.17, 15) is 14.7 Å². The van der Waals surface area contributed by atoms with E-state index in [0.717, 1.165) is 25.8 Å². The van der Waals surface area contributed by atoms with Crippen LogP contribution >= 0.6 is 0 Å². The van der Waals surface area contributed by atoms with Gasteiger partial charge >= 0.3 is 5.97 Å². The van der Waals surface area contributed by atoms with E-state index < -0.39 is 11.4 Å². The molecular weight excluding hydrogens is 266 g/mol. The minimum Gasteiger partial charge on any atom is -0.481 e. The molecule has 4 nitrogen and oxygen atoms in total. The second-order valence-electron chi connectivity index (χ2n) is 7.31. The van der Waals surface area contributed by atoms with Crippen molar-refractivity contribution in [2.24, 2.45) is 11.3 Å². The quantitative estimate of drug-likeness (QED) is 0.866. The van der Waals surface area contributed by atoms with Gasteiger partial charge in [-0.15, -0.1) is 0 Å². The summed E-state index contributed by atoms with van der Waals surface area (Å²) in [5.41, 5.74) is -0.739. The summed E-state index contributed by atoms with van der Waals surface area (Å²) in [4.78, 5) is 26.2. The highest BCUT2D eigenvalue weighted by Crippen LogP contribution is 2.45. The highest BCUT2D eigenvalue weighted by Gasteiger charge is 2.47. The summed E-state index contributed by atoms with van der Waals surface area (Å²) in [6.45, 7) is 0.843. The third kappa shape index (κ3) is 2.82. The van der Waals surface area contributed by atoms with Crippen LogP contribution in [0.15, 0.2) is 0 Å². The number of hydrogen-bond donors (Lipinski definition) is 1. The number of aliphatic carboxylic acids is 1. The lowest BCUT2D eigenvalue weighted by Crippen LogP contribution is -2.46. The van der Waals surface area contributed by atoms with Gasteiger partial charge in [0.05, 0.1) is 5.41 Å². The van der Waals surface area contributed by atoms with Gasteiger partial charge in [0.15, 0.2) is 0 Å². The molecule has 1 heterocycles. The molecular formula is C17H27NO3. The minimum absolute atomic E-state index is 0.102. The number of carboxylic acid groups (broad SMARTS) is 1. The Kier molecular flexibility index (Phi) is 4.23. The molecule has 0 aromatic rings. The van der Waals surface area contributed by atoms with Gasteiger partial charge in [-0.05, 0) is 44.4 Å². The first-order valence-electron chi connectivity index (χ1n) is 8.65. The van der Waals surface area contributed by atoms with Crippen molar-refractivity contribution in [3.8, 4) is 0 Å². The highest BCUT2D eigenvalue weighted by atomic mass is 16.4. The monoisotopic (exact) mass is 293 g/mol. The molecule has 1 N–H and O–H groups in total. The maximum Gasteiger partial charge on any atom is 0.310 e. The Morgan fingerprint density at radius 1 is 1.00 bits per heavy atom. The van der Waals surface area contributed by atoms with E-state index in [4.69, 9.17) is 0 Å². The summed E-state index contributed by atoms with van der Waals surface area (Å²) < 4.78 is 0. The first kappa shape index (κ1) is 14.9. The number of likely N-dealkylation sites (tertiary alicyclic amines) is 1. The van der Waals surface area contributed by atoms with Crippen LogP contribution in [0.5, 0.6) is 0 Å². The van der Waals surface area contributed by atoms with Gasteiger partial charge in [0.2, 0.25) is 5.91 Å². The van der Waals surface area contributed by atoms with Gasteiger partial charge in [0.25, 0.3) is 0 Å². The van der Waals surface area contributed by atoms with E-state index in [0.29, 0.717) is 24.8 Å². The lowest BCUT2D eigenvalue weighted by molar-refractivity contribution is -0.160. The van der Waals surface area contributed by atoms with Crippen molar-refractivity contribution < 1.29 is 14.7 Å². The van der Waals surface area contributed by atoms with E-state index in [1.54, 1.807) is 0 Å². The molecule has 0 radical (unpaired) electrons. The third-order valence-corrected chi connectivity index (χ3v) is 6.07. The highest BCUT2D eigenvalue weighted by molar-refractivity contribution is 5.86. The molecule has 2 aliphatic carbocycles. The second-order valence-corrected chi connectivity index (χ2v) is 7.31. The summed E-state index contributed by atoms with van der Waals surface area (Å²) in [7, 11) is 0. The fraction of sp³-hybridized carbons (Fsp3) is 0.882. The Balaban J connectivity index is 1.64. The molecule has 1 atom stereocenters.